The van der Waals surface area contributed by atoms with Crippen molar-refractivity contribution in [2.24, 2.45) is 10.7 Å². The van der Waals surface area contributed by atoms with Crippen molar-refractivity contribution < 1.29 is 0 Å². The molecular weight excluding hydrogens is 218 g/mol. The number of aliphatic imine (C=N–C) groups is 1. The van der Waals surface area contributed by atoms with Crippen molar-refractivity contribution >= 4 is 17.7 Å². The Labute approximate surface area is 105 Å². The lowest BCUT2D eigenvalue weighted by atomic mass is 10.2. The number of nitrogens with zero attached hydrogens (tertiary/aromatic N) is 1. The summed E-state index contributed by atoms with van der Waals surface area (Å²) in [7, 11) is 0. The number of nitrogens with two attached hydrogens (primary N) is 1. The van der Waals surface area contributed by atoms with E-state index in [4.69, 9.17) is 5.73 Å². The summed E-state index contributed by atoms with van der Waals surface area (Å²) in [6.45, 7) is 3.98. The molecule has 0 radical (unpaired) electrons. The fraction of sp³-hybridized carbons (Fsp3) is 0.917. The highest BCUT2D eigenvalue weighted by atomic mass is 32.2. The standard InChI is InChI=1S/C12H27N3S/c1-3-4-9-14-12(13)15-10-7-5-6-8-11-16-2/h3-11H2,1-2H3,(H3,13,14,15). The molecule has 0 amide bonds. The molecule has 0 aromatic carbocycles. The highest BCUT2D eigenvalue weighted by Crippen LogP contribution is 2.04. The minimum atomic E-state index is 0.609. The molecule has 0 rings (SSSR count). The first-order valence-electron chi connectivity index (χ1n) is 6.34. The van der Waals surface area contributed by atoms with E-state index in [9.17, 15) is 0 Å². The molecule has 0 aromatic heterocycles. The maximum Gasteiger partial charge on any atom is 0.188 e. The van der Waals surface area contributed by atoms with Crippen LogP contribution in [-0.2, 0) is 0 Å². The average molecular weight is 245 g/mol. The van der Waals surface area contributed by atoms with Gasteiger partial charge in [0.15, 0.2) is 5.96 Å². The van der Waals surface area contributed by atoms with Gasteiger partial charge in [-0.05, 0) is 31.3 Å². The van der Waals surface area contributed by atoms with Crippen molar-refractivity contribution in [1.29, 1.82) is 0 Å². The zero-order chi connectivity index (χ0) is 12.1. The fourth-order valence-electron chi connectivity index (χ4n) is 1.36. The van der Waals surface area contributed by atoms with Gasteiger partial charge in [0.1, 0.15) is 0 Å². The molecule has 0 unspecified atom stereocenters. The van der Waals surface area contributed by atoms with Crippen LogP contribution in [0, 0.1) is 0 Å². The van der Waals surface area contributed by atoms with E-state index in [0.29, 0.717) is 5.96 Å². The first-order chi connectivity index (χ1) is 7.81. The largest absolute Gasteiger partial charge is 0.370 e. The van der Waals surface area contributed by atoms with Gasteiger partial charge in [0.25, 0.3) is 0 Å². The first kappa shape index (κ1) is 15.6. The van der Waals surface area contributed by atoms with E-state index in [2.05, 4.69) is 23.5 Å². The van der Waals surface area contributed by atoms with Gasteiger partial charge in [-0.3, -0.25) is 4.99 Å². The molecule has 0 aliphatic carbocycles. The van der Waals surface area contributed by atoms with Crippen LogP contribution in [0.2, 0.25) is 0 Å². The minimum Gasteiger partial charge on any atom is -0.370 e. The first-order valence-corrected chi connectivity index (χ1v) is 7.73. The number of rotatable bonds is 10. The molecule has 0 fully saturated rings. The zero-order valence-electron chi connectivity index (χ0n) is 10.8. The quantitative estimate of drug-likeness (QED) is 0.353. The normalized spacial score (nSPS) is 11.8. The maximum absolute atomic E-state index is 5.71. The van der Waals surface area contributed by atoms with Crippen LogP contribution in [0.4, 0.5) is 0 Å². The van der Waals surface area contributed by atoms with E-state index in [0.717, 1.165) is 25.9 Å². The smallest absolute Gasteiger partial charge is 0.188 e. The van der Waals surface area contributed by atoms with Gasteiger partial charge in [0, 0.05) is 13.1 Å². The summed E-state index contributed by atoms with van der Waals surface area (Å²) in [6, 6.07) is 0. The van der Waals surface area contributed by atoms with Crippen molar-refractivity contribution in [3.8, 4) is 0 Å². The maximum atomic E-state index is 5.71. The molecule has 0 spiro atoms. The second-order valence-corrected chi connectivity index (χ2v) is 4.94. The van der Waals surface area contributed by atoms with Crippen molar-refractivity contribution in [2.45, 2.75) is 45.4 Å². The van der Waals surface area contributed by atoms with Crippen LogP contribution in [0.1, 0.15) is 45.4 Å². The Balaban J connectivity index is 3.23. The van der Waals surface area contributed by atoms with E-state index >= 15 is 0 Å². The molecular formula is C12H27N3S. The second kappa shape index (κ2) is 12.7. The summed E-state index contributed by atoms with van der Waals surface area (Å²) < 4.78 is 0. The van der Waals surface area contributed by atoms with Crippen LogP contribution in [0.5, 0.6) is 0 Å². The minimum absolute atomic E-state index is 0.609. The Bertz CT molecular complexity index is 172. The van der Waals surface area contributed by atoms with Gasteiger partial charge >= 0.3 is 0 Å². The van der Waals surface area contributed by atoms with Crippen LogP contribution >= 0.6 is 11.8 Å². The molecule has 0 aromatic rings. The second-order valence-electron chi connectivity index (χ2n) is 3.95. The van der Waals surface area contributed by atoms with Gasteiger partial charge in [-0.1, -0.05) is 26.2 Å². The summed E-state index contributed by atoms with van der Waals surface area (Å²) in [5, 5.41) is 3.12. The molecule has 4 heteroatoms. The van der Waals surface area contributed by atoms with Crippen molar-refractivity contribution in [3.63, 3.8) is 0 Å². The van der Waals surface area contributed by atoms with Crippen LogP contribution in [0.3, 0.4) is 0 Å². The van der Waals surface area contributed by atoms with Crippen LogP contribution < -0.4 is 11.1 Å². The van der Waals surface area contributed by atoms with Gasteiger partial charge in [0.2, 0.25) is 0 Å². The molecule has 3 nitrogen and oxygen atoms in total. The number of thioether (sulfide) groups is 1. The number of unbranched alkanes of at least 4 members (excludes halogenated alkanes) is 4. The third-order valence-electron chi connectivity index (χ3n) is 2.38. The Kier molecular flexibility index (Phi) is 12.4. The zero-order valence-corrected chi connectivity index (χ0v) is 11.6. The summed E-state index contributed by atoms with van der Waals surface area (Å²) in [6.07, 6.45) is 9.58. The third kappa shape index (κ3) is 11.7. The van der Waals surface area contributed by atoms with E-state index in [1.807, 2.05) is 11.8 Å². The topological polar surface area (TPSA) is 50.4 Å². The van der Waals surface area contributed by atoms with Crippen molar-refractivity contribution in [3.05, 3.63) is 0 Å². The average Bonchev–Trinajstić information content (AvgIpc) is 2.28. The van der Waals surface area contributed by atoms with Gasteiger partial charge in [-0.25, -0.2) is 0 Å². The lowest BCUT2D eigenvalue weighted by molar-refractivity contribution is 0.675. The SMILES string of the molecule is CCCCNC(N)=NCCCCCCSC. The molecule has 0 bridgehead atoms. The lowest BCUT2D eigenvalue weighted by Gasteiger charge is -2.04. The monoisotopic (exact) mass is 245 g/mol. The molecule has 0 aliphatic rings. The number of hydrogen-bond donors (Lipinski definition) is 2. The van der Waals surface area contributed by atoms with Crippen LogP contribution in [0.25, 0.3) is 0 Å². The number of guanidine groups is 1. The molecule has 16 heavy (non-hydrogen) atoms. The van der Waals surface area contributed by atoms with Gasteiger partial charge in [-0.2, -0.15) is 11.8 Å². The Hall–Kier alpha value is -0.380. The van der Waals surface area contributed by atoms with Crippen LogP contribution in [0.15, 0.2) is 4.99 Å². The Morgan fingerprint density at radius 1 is 1.19 bits per heavy atom. The number of nitrogens with one attached hydrogen (secondary N) is 1. The highest BCUT2D eigenvalue weighted by Gasteiger charge is 1.91. The Morgan fingerprint density at radius 2 is 1.94 bits per heavy atom. The van der Waals surface area contributed by atoms with E-state index < -0.39 is 0 Å². The summed E-state index contributed by atoms with van der Waals surface area (Å²) in [5.74, 6) is 1.89. The highest BCUT2D eigenvalue weighted by molar-refractivity contribution is 7.98. The van der Waals surface area contributed by atoms with Crippen molar-refractivity contribution in [1.82, 2.24) is 5.32 Å². The molecule has 0 heterocycles. The van der Waals surface area contributed by atoms with Crippen molar-refractivity contribution in [2.75, 3.05) is 25.1 Å². The Morgan fingerprint density at radius 3 is 2.62 bits per heavy atom. The molecule has 0 saturated heterocycles. The number of hydrogen-bond acceptors (Lipinski definition) is 2. The molecule has 96 valence electrons. The molecule has 0 saturated carbocycles. The van der Waals surface area contributed by atoms with E-state index in [1.165, 1.54) is 31.4 Å². The third-order valence-corrected chi connectivity index (χ3v) is 3.07. The lowest BCUT2D eigenvalue weighted by Crippen LogP contribution is -2.32. The fourth-order valence-corrected chi connectivity index (χ4v) is 1.85. The predicted molar refractivity (Wildman–Crippen MR) is 76.3 cm³/mol. The van der Waals surface area contributed by atoms with E-state index in [-0.39, 0.29) is 0 Å². The molecule has 3 N–H and O–H groups in total. The summed E-state index contributed by atoms with van der Waals surface area (Å²) in [4.78, 5) is 4.29. The summed E-state index contributed by atoms with van der Waals surface area (Å²) >= 11 is 1.92. The van der Waals surface area contributed by atoms with Gasteiger partial charge in [-0.15, -0.1) is 0 Å². The van der Waals surface area contributed by atoms with Crippen LogP contribution in [-0.4, -0.2) is 31.1 Å². The van der Waals surface area contributed by atoms with E-state index in [1.54, 1.807) is 0 Å². The van der Waals surface area contributed by atoms with Gasteiger partial charge < -0.3 is 11.1 Å². The predicted octanol–water partition coefficient (Wildman–Crippen LogP) is 2.61. The molecule has 0 atom stereocenters. The summed E-state index contributed by atoms with van der Waals surface area (Å²) in [5.41, 5.74) is 5.71. The molecule has 0 aliphatic heterocycles. The van der Waals surface area contributed by atoms with Gasteiger partial charge in [0.05, 0.1) is 0 Å².